The van der Waals surface area contributed by atoms with Gasteiger partial charge in [-0.25, -0.2) is 14.4 Å². The third kappa shape index (κ3) is 4.74. The van der Waals surface area contributed by atoms with Crippen molar-refractivity contribution in [3.63, 3.8) is 0 Å². The lowest BCUT2D eigenvalue weighted by atomic mass is 10.2. The van der Waals surface area contributed by atoms with Crippen LogP contribution in [-0.2, 0) is 14.2 Å². The van der Waals surface area contributed by atoms with Crippen LogP contribution in [-0.4, -0.2) is 45.0 Å². The summed E-state index contributed by atoms with van der Waals surface area (Å²) in [6, 6.07) is 2.13. The Morgan fingerprint density at radius 1 is 0.750 bits per heavy atom. The second-order valence-electron chi connectivity index (χ2n) is 3.71. The maximum absolute atomic E-state index is 11.5. The molecule has 130 valence electrons. The lowest BCUT2D eigenvalue weighted by Crippen LogP contribution is -2.16. The Labute approximate surface area is 140 Å². The van der Waals surface area contributed by atoms with Gasteiger partial charge in [0.15, 0.2) is 11.5 Å². The van der Waals surface area contributed by atoms with Crippen LogP contribution in [0, 0.1) is 0 Å². The minimum Gasteiger partial charge on any atom is -0.437 e. The van der Waals surface area contributed by atoms with Crippen molar-refractivity contribution in [2.24, 2.45) is 0 Å². The fourth-order valence-electron chi connectivity index (χ4n) is 1.36. The molecule has 0 atom stereocenters. The molecule has 0 fully saturated rings. The molecule has 0 aliphatic rings. The molecule has 0 aromatic heterocycles. The largest absolute Gasteiger partial charge is 0.513 e. The number of ether oxygens (including phenoxy) is 6. The number of rotatable bonds is 4. The first kappa shape index (κ1) is 19.0. The van der Waals surface area contributed by atoms with Crippen LogP contribution in [0.1, 0.15) is 10.4 Å². The molecule has 0 bridgehead atoms. The Morgan fingerprint density at radius 2 is 1.21 bits per heavy atom. The Bertz CT molecular complexity index is 669. The van der Waals surface area contributed by atoms with Gasteiger partial charge in [0, 0.05) is 0 Å². The van der Waals surface area contributed by atoms with Crippen molar-refractivity contribution in [3.05, 3.63) is 17.7 Å². The van der Waals surface area contributed by atoms with Gasteiger partial charge in [0.25, 0.3) is 5.24 Å². The Morgan fingerprint density at radius 3 is 1.67 bits per heavy atom. The molecular weight excluding hydrogens is 352 g/mol. The first-order valence-corrected chi connectivity index (χ1v) is 6.36. The molecule has 1 aromatic rings. The molecular formula is C13H11ClO10. The second kappa shape index (κ2) is 8.58. The van der Waals surface area contributed by atoms with Gasteiger partial charge >= 0.3 is 18.5 Å². The van der Waals surface area contributed by atoms with Crippen LogP contribution in [0.2, 0.25) is 0 Å². The topological polar surface area (TPSA) is 124 Å². The molecule has 0 aliphatic carbocycles. The van der Waals surface area contributed by atoms with E-state index >= 15 is 0 Å². The summed E-state index contributed by atoms with van der Waals surface area (Å²) in [6.07, 6.45) is -3.67. The van der Waals surface area contributed by atoms with Crippen molar-refractivity contribution >= 4 is 35.3 Å². The van der Waals surface area contributed by atoms with Crippen molar-refractivity contribution in [2.45, 2.75) is 0 Å². The van der Waals surface area contributed by atoms with Crippen molar-refractivity contribution in [2.75, 3.05) is 21.3 Å². The zero-order chi connectivity index (χ0) is 18.3. The first-order chi connectivity index (χ1) is 11.3. The van der Waals surface area contributed by atoms with Crippen LogP contribution < -0.4 is 14.2 Å². The maximum atomic E-state index is 11.5. The molecule has 10 nitrogen and oxygen atoms in total. The molecule has 24 heavy (non-hydrogen) atoms. The summed E-state index contributed by atoms with van der Waals surface area (Å²) in [5.41, 5.74) is -0.363. The molecule has 0 unspecified atom stereocenters. The van der Waals surface area contributed by atoms with E-state index in [1.807, 2.05) is 0 Å². The van der Waals surface area contributed by atoms with Crippen LogP contribution in [0.5, 0.6) is 17.2 Å². The fraction of sp³-hybridized carbons (Fsp3) is 0.231. The molecule has 0 saturated carbocycles. The molecule has 0 spiro atoms. The average Bonchev–Trinajstić information content (AvgIpc) is 2.56. The quantitative estimate of drug-likeness (QED) is 0.341. The lowest BCUT2D eigenvalue weighted by molar-refractivity contribution is 0.102. The van der Waals surface area contributed by atoms with Gasteiger partial charge in [-0.1, -0.05) is 0 Å². The molecule has 0 radical (unpaired) electrons. The van der Waals surface area contributed by atoms with E-state index in [1.165, 1.54) is 0 Å². The molecule has 0 aliphatic heterocycles. The van der Waals surface area contributed by atoms with Crippen LogP contribution in [0.3, 0.4) is 0 Å². The van der Waals surface area contributed by atoms with E-state index in [1.54, 1.807) is 0 Å². The van der Waals surface area contributed by atoms with Gasteiger partial charge in [-0.15, -0.1) is 0 Å². The Kier molecular flexibility index (Phi) is 6.80. The molecule has 1 rings (SSSR count). The van der Waals surface area contributed by atoms with Gasteiger partial charge in [-0.3, -0.25) is 4.79 Å². The zero-order valence-electron chi connectivity index (χ0n) is 12.6. The summed E-state index contributed by atoms with van der Waals surface area (Å²) in [5, 5.41) is -1.05. The number of hydrogen-bond acceptors (Lipinski definition) is 10. The van der Waals surface area contributed by atoms with Crippen LogP contribution in [0.15, 0.2) is 12.1 Å². The van der Waals surface area contributed by atoms with Gasteiger partial charge in [-0.05, 0) is 23.7 Å². The van der Waals surface area contributed by atoms with E-state index in [0.717, 1.165) is 33.5 Å². The van der Waals surface area contributed by atoms with Crippen molar-refractivity contribution in [1.82, 2.24) is 0 Å². The maximum Gasteiger partial charge on any atom is 0.513 e. The number of carbonyl (C=O) groups is 4. The molecule has 1 aromatic carbocycles. The summed E-state index contributed by atoms with van der Waals surface area (Å²) >= 11 is 5.39. The van der Waals surface area contributed by atoms with Gasteiger partial charge in [0.1, 0.15) is 0 Å². The highest BCUT2D eigenvalue weighted by Crippen LogP contribution is 2.41. The van der Waals surface area contributed by atoms with E-state index in [0.29, 0.717) is 0 Å². The van der Waals surface area contributed by atoms with Gasteiger partial charge in [0.2, 0.25) is 5.75 Å². The number of halogens is 1. The van der Waals surface area contributed by atoms with Crippen molar-refractivity contribution < 1.29 is 47.6 Å². The van der Waals surface area contributed by atoms with Gasteiger partial charge in [0.05, 0.1) is 26.9 Å². The molecule has 0 amide bonds. The van der Waals surface area contributed by atoms with Crippen molar-refractivity contribution in [1.29, 1.82) is 0 Å². The molecule has 0 saturated heterocycles. The zero-order valence-corrected chi connectivity index (χ0v) is 13.4. The predicted molar refractivity (Wildman–Crippen MR) is 75.7 cm³/mol. The Hall–Kier alpha value is -3.01. The summed E-state index contributed by atoms with van der Waals surface area (Å²) < 4.78 is 27.2. The number of hydrogen-bond donors (Lipinski definition) is 0. The monoisotopic (exact) mass is 362 g/mol. The average molecular weight is 363 g/mol. The van der Waals surface area contributed by atoms with Gasteiger partial charge in [-0.2, -0.15) is 0 Å². The number of carbonyl (C=O) groups excluding carboxylic acids is 4. The van der Waals surface area contributed by atoms with E-state index < -0.39 is 41.0 Å². The predicted octanol–water partition coefficient (Wildman–Crippen LogP) is 2.50. The van der Waals surface area contributed by atoms with Crippen LogP contribution in [0.25, 0.3) is 0 Å². The first-order valence-electron chi connectivity index (χ1n) is 5.98. The summed E-state index contributed by atoms with van der Waals surface area (Å²) in [5.74, 6) is -1.65. The van der Waals surface area contributed by atoms with Crippen LogP contribution >= 0.6 is 11.6 Å². The number of benzene rings is 1. The fourth-order valence-corrected chi connectivity index (χ4v) is 1.51. The van der Waals surface area contributed by atoms with Crippen molar-refractivity contribution in [3.8, 4) is 17.2 Å². The smallest absolute Gasteiger partial charge is 0.437 e. The third-order valence-corrected chi connectivity index (χ3v) is 2.56. The normalized spacial score (nSPS) is 9.50. The highest BCUT2D eigenvalue weighted by molar-refractivity contribution is 6.68. The second-order valence-corrected chi connectivity index (χ2v) is 4.06. The van der Waals surface area contributed by atoms with E-state index in [-0.39, 0.29) is 5.56 Å². The minimum atomic E-state index is -1.25. The lowest BCUT2D eigenvalue weighted by Gasteiger charge is -2.14. The summed E-state index contributed by atoms with van der Waals surface area (Å²) in [6.45, 7) is 0. The number of methoxy groups -OCH3 is 3. The highest BCUT2D eigenvalue weighted by atomic mass is 35.5. The van der Waals surface area contributed by atoms with E-state index in [4.69, 9.17) is 25.8 Å². The molecule has 11 heteroatoms. The summed E-state index contributed by atoms with van der Waals surface area (Å²) in [4.78, 5) is 45.4. The summed E-state index contributed by atoms with van der Waals surface area (Å²) in [7, 11) is 3.03. The third-order valence-electron chi connectivity index (χ3n) is 2.35. The highest BCUT2D eigenvalue weighted by Gasteiger charge is 2.27. The van der Waals surface area contributed by atoms with E-state index in [2.05, 4.69) is 14.2 Å². The standard InChI is InChI=1S/C13H11ClO10/c1-19-11(16)22-7-5-4-6(10(14)15)8(23-12(17)20-2)9(7)24-13(18)21-3/h4-5H,1-3H3. The van der Waals surface area contributed by atoms with Crippen LogP contribution in [0.4, 0.5) is 14.4 Å². The molecule has 0 heterocycles. The Balaban J connectivity index is 3.51. The van der Waals surface area contributed by atoms with E-state index in [9.17, 15) is 19.2 Å². The minimum absolute atomic E-state index is 0.363. The van der Waals surface area contributed by atoms with Gasteiger partial charge < -0.3 is 28.4 Å². The molecule has 0 N–H and O–H groups in total. The SMILES string of the molecule is COC(=O)Oc1ccc(C(=O)Cl)c(OC(=O)OC)c1OC(=O)OC.